The molecule has 0 aliphatic heterocycles. The summed E-state index contributed by atoms with van der Waals surface area (Å²) >= 11 is 0. The molecule has 0 saturated carbocycles. The van der Waals surface area contributed by atoms with E-state index in [2.05, 4.69) is 6.92 Å². The number of carbonyl (C=O) groups is 2. The van der Waals surface area contributed by atoms with Gasteiger partial charge in [-0.25, -0.2) is 0 Å². The summed E-state index contributed by atoms with van der Waals surface area (Å²) in [5, 5.41) is 9.66. The second-order valence-electron chi connectivity index (χ2n) is 5.54. The Kier molecular flexibility index (Phi) is 6.40. The zero-order valence-electron chi connectivity index (χ0n) is 13.0. The molecule has 0 fully saturated rings. The number of carboxylic acids is 1. The molecule has 0 spiro atoms. The van der Waals surface area contributed by atoms with Crippen LogP contribution in [0.4, 0.5) is 0 Å². The summed E-state index contributed by atoms with van der Waals surface area (Å²) in [6, 6.07) is 6.88. The molecule has 0 amide bonds. The van der Waals surface area contributed by atoms with Gasteiger partial charge in [0.05, 0.1) is 5.41 Å². The van der Waals surface area contributed by atoms with Crippen molar-refractivity contribution in [3.05, 3.63) is 29.8 Å². The van der Waals surface area contributed by atoms with Gasteiger partial charge in [0.1, 0.15) is 5.75 Å². The van der Waals surface area contributed by atoms with E-state index in [0.29, 0.717) is 17.7 Å². The van der Waals surface area contributed by atoms with Crippen molar-refractivity contribution in [2.75, 3.05) is 0 Å². The van der Waals surface area contributed by atoms with Gasteiger partial charge in [-0.3, -0.25) is 9.59 Å². The number of ether oxygens (including phenoxy) is 1. The first-order valence-corrected chi connectivity index (χ1v) is 7.43. The lowest BCUT2D eigenvalue weighted by molar-refractivity contribution is -0.144. The molecule has 0 aliphatic rings. The number of aliphatic carboxylic acids is 1. The summed E-state index contributed by atoms with van der Waals surface area (Å²) in [5.41, 5.74) is -0.482. The number of esters is 1. The highest BCUT2D eigenvalue weighted by Crippen LogP contribution is 2.36. The molecule has 1 atom stereocenters. The van der Waals surface area contributed by atoms with Crippen molar-refractivity contribution in [2.45, 2.75) is 58.3 Å². The van der Waals surface area contributed by atoms with E-state index >= 15 is 0 Å². The molecule has 0 aromatic heterocycles. The molecule has 0 heterocycles. The van der Waals surface area contributed by atoms with E-state index < -0.39 is 17.4 Å². The van der Waals surface area contributed by atoms with Crippen LogP contribution in [0.2, 0.25) is 0 Å². The standard InChI is InChI=1S/C17H24O4/c1-4-5-6-9-12-17(3,16(19)20)14-10-7-8-11-15(14)21-13(2)18/h7-8,10-11H,4-6,9,12H2,1-3H3,(H,19,20). The maximum absolute atomic E-state index is 11.8. The van der Waals surface area contributed by atoms with Gasteiger partial charge in [0.25, 0.3) is 0 Å². The lowest BCUT2D eigenvalue weighted by atomic mass is 9.77. The Morgan fingerprint density at radius 3 is 2.43 bits per heavy atom. The van der Waals surface area contributed by atoms with Crippen LogP contribution in [0.3, 0.4) is 0 Å². The van der Waals surface area contributed by atoms with Crippen LogP contribution in [0, 0.1) is 0 Å². The molecule has 4 nitrogen and oxygen atoms in total. The Morgan fingerprint density at radius 2 is 1.86 bits per heavy atom. The molecule has 0 radical (unpaired) electrons. The Balaban J connectivity index is 3.04. The van der Waals surface area contributed by atoms with Gasteiger partial charge in [-0.1, -0.05) is 50.8 Å². The zero-order chi connectivity index (χ0) is 15.9. The van der Waals surface area contributed by atoms with E-state index in [1.165, 1.54) is 6.92 Å². The SMILES string of the molecule is CCCCCCC(C)(C(=O)O)c1ccccc1OC(C)=O. The number of unbranched alkanes of at least 4 members (excludes halogenated alkanes) is 3. The Hall–Kier alpha value is -1.84. The Labute approximate surface area is 126 Å². The third kappa shape index (κ3) is 4.59. The van der Waals surface area contributed by atoms with E-state index in [-0.39, 0.29) is 0 Å². The number of benzene rings is 1. The van der Waals surface area contributed by atoms with Crippen molar-refractivity contribution in [3.63, 3.8) is 0 Å². The van der Waals surface area contributed by atoms with Crippen LogP contribution in [0.5, 0.6) is 5.75 Å². The maximum Gasteiger partial charge on any atom is 0.313 e. The fourth-order valence-electron chi connectivity index (χ4n) is 2.43. The molecule has 21 heavy (non-hydrogen) atoms. The minimum atomic E-state index is -1.04. The lowest BCUT2D eigenvalue weighted by Gasteiger charge is -2.27. The number of hydrogen-bond acceptors (Lipinski definition) is 3. The first-order valence-electron chi connectivity index (χ1n) is 7.43. The van der Waals surface area contributed by atoms with Gasteiger partial charge in [0, 0.05) is 12.5 Å². The van der Waals surface area contributed by atoms with Gasteiger partial charge < -0.3 is 9.84 Å². The summed E-state index contributed by atoms with van der Waals surface area (Å²) in [7, 11) is 0. The minimum Gasteiger partial charge on any atom is -0.481 e. The third-order valence-corrected chi connectivity index (χ3v) is 3.74. The van der Waals surface area contributed by atoms with E-state index in [1.54, 1.807) is 31.2 Å². The average Bonchev–Trinajstić information content (AvgIpc) is 2.43. The van der Waals surface area contributed by atoms with Crippen LogP contribution in [-0.2, 0) is 15.0 Å². The van der Waals surface area contributed by atoms with Crippen molar-refractivity contribution in [1.82, 2.24) is 0 Å². The highest BCUT2D eigenvalue weighted by molar-refractivity contribution is 5.82. The summed E-state index contributed by atoms with van der Waals surface area (Å²) in [6.45, 7) is 5.13. The molecule has 4 heteroatoms. The maximum atomic E-state index is 11.8. The minimum absolute atomic E-state index is 0.338. The van der Waals surface area contributed by atoms with Gasteiger partial charge in [0.2, 0.25) is 0 Å². The molecule has 1 rings (SSSR count). The van der Waals surface area contributed by atoms with Crippen molar-refractivity contribution in [3.8, 4) is 5.75 Å². The monoisotopic (exact) mass is 292 g/mol. The second-order valence-corrected chi connectivity index (χ2v) is 5.54. The van der Waals surface area contributed by atoms with E-state index in [9.17, 15) is 14.7 Å². The topological polar surface area (TPSA) is 63.6 Å². The van der Waals surface area contributed by atoms with E-state index in [0.717, 1.165) is 25.7 Å². The lowest BCUT2D eigenvalue weighted by Crippen LogP contribution is -2.33. The normalized spacial score (nSPS) is 13.5. The molecule has 1 N–H and O–H groups in total. The van der Waals surface area contributed by atoms with Crippen molar-refractivity contribution in [2.24, 2.45) is 0 Å². The molecular weight excluding hydrogens is 268 g/mol. The number of rotatable bonds is 8. The van der Waals surface area contributed by atoms with Crippen LogP contribution < -0.4 is 4.74 Å². The fraction of sp³-hybridized carbons (Fsp3) is 0.529. The molecule has 1 unspecified atom stereocenters. The van der Waals surface area contributed by atoms with Gasteiger partial charge in [-0.2, -0.15) is 0 Å². The largest absolute Gasteiger partial charge is 0.481 e. The smallest absolute Gasteiger partial charge is 0.313 e. The van der Waals surface area contributed by atoms with Gasteiger partial charge >= 0.3 is 11.9 Å². The Morgan fingerprint density at radius 1 is 1.19 bits per heavy atom. The van der Waals surface area contributed by atoms with Crippen LogP contribution in [0.1, 0.15) is 58.4 Å². The Bertz CT molecular complexity index is 495. The van der Waals surface area contributed by atoms with Gasteiger partial charge in [-0.05, 0) is 19.4 Å². The number of hydrogen-bond donors (Lipinski definition) is 1. The quantitative estimate of drug-likeness (QED) is 0.448. The molecule has 116 valence electrons. The van der Waals surface area contributed by atoms with E-state index in [1.807, 2.05) is 0 Å². The van der Waals surface area contributed by atoms with Crippen molar-refractivity contribution >= 4 is 11.9 Å². The van der Waals surface area contributed by atoms with Crippen LogP contribution >= 0.6 is 0 Å². The van der Waals surface area contributed by atoms with Crippen molar-refractivity contribution < 1.29 is 19.4 Å². The first kappa shape index (κ1) is 17.2. The number of para-hydroxylation sites is 1. The second kappa shape index (κ2) is 7.81. The molecule has 0 bridgehead atoms. The highest BCUT2D eigenvalue weighted by Gasteiger charge is 2.37. The summed E-state index contributed by atoms with van der Waals surface area (Å²) in [6.07, 6.45) is 4.58. The molecule has 0 aliphatic carbocycles. The zero-order valence-corrected chi connectivity index (χ0v) is 13.0. The average molecular weight is 292 g/mol. The predicted molar refractivity (Wildman–Crippen MR) is 81.5 cm³/mol. The van der Waals surface area contributed by atoms with Gasteiger partial charge in [-0.15, -0.1) is 0 Å². The molecule has 0 saturated heterocycles. The molecule has 1 aromatic rings. The fourth-order valence-corrected chi connectivity index (χ4v) is 2.43. The van der Waals surface area contributed by atoms with Crippen LogP contribution in [0.25, 0.3) is 0 Å². The van der Waals surface area contributed by atoms with Crippen molar-refractivity contribution in [1.29, 1.82) is 0 Å². The number of carbonyl (C=O) groups excluding carboxylic acids is 1. The third-order valence-electron chi connectivity index (χ3n) is 3.74. The molecular formula is C17H24O4. The number of carboxylic acid groups (broad SMARTS) is 1. The first-order chi connectivity index (χ1) is 9.91. The van der Waals surface area contributed by atoms with E-state index in [4.69, 9.17) is 4.74 Å². The van der Waals surface area contributed by atoms with Crippen LogP contribution in [-0.4, -0.2) is 17.0 Å². The summed E-state index contributed by atoms with van der Waals surface area (Å²) < 4.78 is 5.17. The highest BCUT2D eigenvalue weighted by atomic mass is 16.5. The molecule has 1 aromatic carbocycles. The van der Waals surface area contributed by atoms with Crippen LogP contribution in [0.15, 0.2) is 24.3 Å². The van der Waals surface area contributed by atoms with Gasteiger partial charge in [0.15, 0.2) is 0 Å². The predicted octanol–water partition coefficient (Wildman–Crippen LogP) is 3.92. The summed E-state index contributed by atoms with van der Waals surface area (Å²) in [5.74, 6) is -0.995. The summed E-state index contributed by atoms with van der Waals surface area (Å²) in [4.78, 5) is 23.0.